The summed E-state index contributed by atoms with van der Waals surface area (Å²) in [6, 6.07) is 6.32. The normalized spacial score (nSPS) is 28.5. The lowest BCUT2D eigenvalue weighted by Crippen LogP contribution is -2.38. The number of benzene rings is 1. The van der Waals surface area contributed by atoms with Crippen molar-refractivity contribution in [2.45, 2.75) is 31.8 Å². The van der Waals surface area contributed by atoms with E-state index in [4.69, 9.17) is 14.2 Å². The first-order valence-corrected chi connectivity index (χ1v) is 9.69. The van der Waals surface area contributed by atoms with Crippen LogP contribution in [0.15, 0.2) is 42.0 Å². The Morgan fingerprint density at radius 2 is 2.19 bits per heavy atom. The van der Waals surface area contributed by atoms with Crippen LogP contribution in [0.5, 0.6) is 5.75 Å². The number of hydrogen-bond acceptors (Lipinski definition) is 5. The van der Waals surface area contributed by atoms with Gasteiger partial charge in [0.25, 0.3) is 0 Å². The predicted octanol–water partition coefficient (Wildman–Crippen LogP) is 2.78. The van der Waals surface area contributed by atoms with Gasteiger partial charge in [0.2, 0.25) is 0 Å². The van der Waals surface area contributed by atoms with Crippen LogP contribution in [0.4, 0.5) is 0 Å². The van der Waals surface area contributed by atoms with E-state index in [1.54, 1.807) is 6.08 Å². The van der Waals surface area contributed by atoms with Gasteiger partial charge in [-0.25, -0.2) is 4.79 Å². The molecule has 0 amide bonds. The minimum atomic E-state index is -0.280. The van der Waals surface area contributed by atoms with Crippen molar-refractivity contribution >= 4 is 5.97 Å². The molecule has 5 nitrogen and oxygen atoms in total. The van der Waals surface area contributed by atoms with Crippen molar-refractivity contribution in [3.05, 3.63) is 53.1 Å². The van der Waals surface area contributed by atoms with Crippen molar-refractivity contribution in [2.24, 2.45) is 0 Å². The van der Waals surface area contributed by atoms with Gasteiger partial charge in [-0.05, 0) is 25.5 Å². The van der Waals surface area contributed by atoms with E-state index in [0.29, 0.717) is 13.0 Å². The summed E-state index contributed by atoms with van der Waals surface area (Å²) < 4.78 is 16.9. The third-order valence-corrected chi connectivity index (χ3v) is 5.78. The van der Waals surface area contributed by atoms with Gasteiger partial charge < -0.3 is 14.2 Å². The summed E-state index contributed by atoms with van der Waals surface area (Å²) >= 11 is 0. The molecule has 5 heteroatoms. The van der Waals surface area contributed by atoms with Gasteiger partial charge in [-0.15, -0.1) is 0 Å². The third-order valence-electron chi connectivity index (χ3n) is 5.78. The molecule has 3 aliphatic rings. The molecular formula is C22H27NO4. The van der Waals surface area contributed by atoms with E-state index in [1.165, 1.54) is 11.1 Å². The number of ether oxygens (including phenoxy) is 3. The Hall–Kier alpha value is -2.11. The summed E-state index contributed by atoms with van der Waals surface area (Å²) in [5, 5.41) is 0. The average molecular weight is 369 g/mol. The largest absolute Gasteiger partial charge is 0.489 e. The van der Waals surface area contributed by atoms with Crippen LogP contribution in [0.2, 0.25) is 0 Å². The number of carbonyl (C=O) groups excluding carboxylic acids is 1. The fraction of sp³-hybridized carbons (Fsp3) is 0.500. The molecule has 0 saturated carbocycles. The standard InChI is InChI=1S/C22H27NO4/c1-16-3-4-19-18(13-16)22(2)6-5-17(14-20(22)27-19)15-21(24)26-12-9-23-7-10-25-11-8-23/h3-6,13,15,20H,7-12,14H2,1-2H3/b17-15-. The minimum Gasteiger partial charge on any atom is -0.489 e. The molecule has 2 aliphatic heterocycles. The lowest BCUT2D eigenvalue weighted by molar-refractivity contribution is -0.138. The molecule has 27 heavy (non-hydrogen) atoms. The van der Waals surface area contributed by atoms with Crippen molar-refractivity contribution in [3.63, 3.8) is 0 Å². The Morgan fingerprint density at radius 1 is 1.37 bits per heavy atom. The van der Waals surface area contributed by atoms with E-state index >= 15 is 0 Å². The van der Waals surface area contributed by atoms with E-state index in [2.05, 4.69) is 37.0 Å². The molecule has 1 saturated heterocycles. The zero-order chi connectivity index (χ0) is 18.9. The quantitative estimate of drug-likeness (QED) is 0.603. The van der Waals surface area contributed by atoms with Crippen LogP contribution in [-0.4, -0.2) is 56.4 Å². The van der Waals surface area contributed by atoms with Gasteiger partial charge in [-0.2, -0.15) is 0 Å². The molecule has 1 aliphatic carbocycles. The van der Waals surface area contributed by atoms with Crippen LogP contribution in [0.3, 0.4) is 0 Å². The summed E-state index contributed by atoms with van der Waals surface area (Å²) in [6.45, 7) is 8.79. The fourth-order valence-corrected chi connectivity index (χ4v) is 4.03. The lowest BCUT2D eigenvalue weighted by atomic mass is 9.73. The Kier molecular flexibility index (Phi) is 5.06. The molecule has 1 fully saturated rings. The second-order valence-corrected chi connectivity index (χ2v) is 7.77. The Labute approximate surface area is 160 Å². The molecule has 2 heterocycles. The SMILES string of the molecule is Cc1ccc2c(c1)C1(C)C=C/C(=C/C(=O)OCCN3CCOCC3)CC1O2. The summed E-state index contributed by atoms with van der Waals surface area (Å²) in [5.41, 5.74) is 3.28. The first-order valence-electron chi connectivity index (χ1n) is 9.69. The number of morpholine rings is 1. The van der Waals surface area contributed by atoms with Crippen molar-refractivity contribution < 1.29 is 19.0 Å². The van der Waals surface area contributed by atoms with Gasteiger partial charge in [-0.1, -0.05) is 29.8 Å². The number of hydrogen-bond donors (Lipinski definition) is 0. The second-order valence-electron chi connectivity index (χ2n) is 7.77. The zero-order valence-corrected chi connectivity index (χ0v) is 16.1. The fourth-order valence-electron chi connectivity index (χ4n) is 4.03. The van der Waals surface area contributed by atoms with E-state index in [1.807, 2.05) is 12.1 Å². The van der Waals surface area contributed by atoms with Crippen LogP contribution >= 0.6 is 0 Å². The van der Waals surface area contributed by atoms with Crippen LogP contribution < -0.4 is 4.74 Å². The smallest absolute Gasteiger partial charge is 0.331 e. The van der Waals surface area contributed by atoms with E-state index in [9.17, 15) is 4.79 Å². The molecule has 0 N–H and O–H groups in total. The first kappa shape index (κ1) is 18.3. The first-order chi connectivity index (χ1) is 13.0. The van der Waals surface area contributed by atoms with Crippen LogP contribution in [0, 0.1) is 6.92 Å². The molecule has 4 rings (SSSR count). The van der Waals surface area contributed by atoms with Gasteiger partial charge in [-0.3, -0.25) is 4.90 Å². The lowest BCUT2D eigenvalue weighted by Gasteiger charge is -2.31. The number of nitrogens with zero attached hydrogens (tertiary/aromatic N) is 1. The highest BCUT2D eigenvalue weighted by Gasteiger charge is 2.45. The zero-order valence-electron chi connectivity index (χ0n) is 16.1. The maximum Gasteiger partial charge on any atom is 0.331 e. The topological polar surface area (TPSA) is 48.0 Å². The summed E-state index contributed by atoms with van der Waals surface area (Å²) in [7, 11) is 0. The molecule has 2 unspecified atom stereocenters. The predicted molar refractivity (Wildman–Crippen MR) is 103 cm³/mol. The third kappa shape index (κ3) is 3.80. The van der Waals surface area contributed by atoms with Gasteiger partial charge in [0.15, 0.2) is 0 Å². The van der Waals surface area contributed by atoms with Gasteiger partial charge >= 0.3 is 5.97 Å². The van der Waals surface area contributed by atoms with E-state index in [-0.39, 0.29) is 17.5 Å². The number of carbonyl (C=O) groups is 1. The Balaban J connectivity index is 1.36. The van der Waals surface area contributed by atoms with Crippen LogP contribution in [-0.2, 0) is 19.7 Å². The van der Waals surface area contributed by atoms with Gasteiger partial charge in [0.1, 0.15) is 18.5 Å². The molecule has 0 spiro atoms. The van der Waals surface area contributed by atoms with E-state index in [0.717, 1.165) is 44.2 Å². The summed E-state index contributed by atoms with van der Waals surface area (Å²) in [6.07, 6.45) is 6.54. The molecule has 2 atom stereocenters. The highest BCUT2D eigenvalue weighted by atomic mass is 16.5. The van der Waals surface area contributed by atoms with Crippen molar-refractivity contribution in [1.29, 1.82) is 0 Å². The second kappa shape index (κ2) is 7.49. The highest BCUT2D eigenvalue weighted by Crippen LogP contribution is 2.48. The Morgan fingerprint density at radius 3 is 3.00 bits per heavy atom. The number of allylic oxidation sites excluding steroid dienone is 1. The number of esters is 1. The minimum absolute atomic E-state index is 0.0201. The van der Waals surface area contributed by atoms with E-state index < -0.39 is 0 Å². The molecule has 144 valence electrons. The molecule has 1 aromatic rings. The molecule has 0 aromatic heterocycles. The maximum absolute atomic E-state index is 12.2. The van der Waals surface area contributed by atoms with Crippen LogP contribution in [0.1, 0.15) is 24.5 Å². The number of rotatable bonds is 4. The van der Waals surface area contributed by atoms with Crippen LogP contribution in [0.25, 0.3) is 0 Å². The monoisotopic (exact) mass is 369 g/mol. The number of aryl methyl sites for hydroxylation is 1. The molecule has 1 aromatic carbocycles. The average Bonchev–Trinajstić information content (AvgIpc) is 2.94. The molecule has 0 radical (unpaired) electrons. The summed E-state index contributed by atoms with van der Waals surface area (Å²) in [4.78, 5) is 14.4. The molecule has 0 bridgehead atoms. The van der Waals surface area contributed by atoms with Crippen molar-refractivity contribution in [1.82, 2.24) is 4.90 Å². The van der Waals surface area contributed by atoms with Crippen molar-refractivity contribution in [2.75, 3.05) is 39.5 Å². The van der Waals surface area contributed by atoms with Gasteiger partial charge in [0.05, 0.1) is 18.6 Å². The maximum atomic E-state index is 12.2. The molecular weight excluding hydrogens is 342 g/mol. The van der Waals surface area contributed by atoms with Gasteiger partial charge in [0, 0.05) is 37.7 Å². The summed E-state index contributed by atoms with van der Waals surface area (Å²) in [5.74, 6) is 0.671. The number of fused-ring (bicyclic) bond motifs is 3. The highest BCUT2D eigenvalue weighted by molar-refractivity contribution is 5.83. The van der Waals surface area contributed by atoms with Crippen molar-refractivity contribution in [3.8, 4) is 5.75 Å². The Bertz CT molecular complexity index is 779.